The molecule has 5 heterocycles. The summed E-state index contributed by atoms with van der Waals surface area (Å²) in [5.74, 6) is -0.249. The van der Waals surface area contributed by atoms with E-state index in [-0.39, 0.29) is 11.7 Å². The largest absolute Gasteiger partial charge is 0.508 e. The summed E-state index contributed by atoms with van der Waals surface area (Å²) in [6, 6.07) is 17.4. The van der Waals surface area contributed by atoms with Crippen molar-refractivity contribution in [1.82, 2.24) is 30.5 Å². The van der Waals surface area contributed by atoms with Gasteiger partial charge < -0.3 is 20.7 Å². The average molecular weight is 562 g/mol. The minimum Gasteiger partial charge on any atom is -0.508 e. The Labute approximate surface area is 240 Å². The standard InChI is InChI=1S/C32H28FN7O2/c33-21-11-19(13-23(41)14-21)24-2-1-3-27-25(24)15-29(37-27)32-31-28(39-40-32)5-4-26(38-31)20-12-22(17-35-16-20)36-30(42)10-18-6-8-34-9-7-18/h1-5,11-18,34,37,41H,6-10H2,(H,36,42)(H,39,40). The quantitative estimate of drug-likeness (QED) is 0.169. The van der Waals surface area contributed by atoms with Crippen molar-refractivity contribution in [2.45, 2.75) is 19.3 Å². The third kappa shape index (κ3) is 5.08. The van der Waals surface area contributed by atoms with Crippen LogP contribution in [0.5, 0.6) is 5.75 Å². The van der Waals surface area contributed by atoms with Crippen LogP contribution in [0.3, 0.4) is 0 Å². The molecule has 0 aliphatic carbocycles. The molecule has 10 heteroatoms. The van der Waals surface area contributed by atoms with Gasteiger partial charge in [0.25, 0.3) is 0 Å². The molecule has 4 aromatic heterocycles. The van der Waals surface area contributed by atoms with E-state index in [1.807, 2.05) is 42.5 Å². The Balaban J connectivity index is 1.20. The van der Waals surface area contributed by atoms with E-state index in [0.29, 0.717) is 40.5 Å². The summed E-state index contributed by atoms with van der Waals surface area (Å²) >= 11 is 0. The number of piperidine rings is 1. The van der Waals surface area contributed by atoms with Crippen molar-refractivity contribution in [1.29, 1.82) is 0 Å². The Morgan fingerprint density at radius 2 is 1.88 bits per heavy atom. The number of halogens is 1. The number of rotatable bonds is 6. The molecule has 1 amide bonds. The SMILES string of the molecule is O=C(CC1CCNCC1)Nc1cncc(-c2ccc3[nH]nc(-c4cc5c(-c6cc(O)cc(F)c6)cccc5[nH]4)c3n2)c1. The molecule has 1 aliphatic rings. The highest BCUT2D eigenvalue weighted by molar-refractivity contribution is 6.00. The van der Waals surface area contributed by atoms with E-state index in [4.69, 9.17) is 4.98 Å². The molecule has 0 radical (unpaired) electrons. The van der Waals surface area contributed by atoms with E-state index in [1.54, 1.807) is 18.5 Å². The van der Waals surface area contributed by atoms with Gasteiger partial charge >= 0.3 is 0 Å². The summed E-state index contributed by atoms with van der Waals surface area (Å²) in [6.07, 6.45) is 5.89. The fourth-order valence-corrected chi connectivity index (χ4v) is 5.72. The summed E-state index contributed by atoms with van der Waals surface area (Å²) < 4.78 is 14.1. The first-order valence-corrected chi connectivity index (χ1v) is 13.9. The number of phenols is 1. The number of phenolic OH excluding ortho intramolecular Hbond substituents is 1. The fraction of sp³-hybridized carbons (Fsp3) is 0.188. The lowest BCUT2D eigenvalue weighted by molar-refractivity contribution is -0.117. The van der Waals surface area contributed by atoms with Gasteiger partial charge in [-0.3, -0.25) is 14.9 Å². The number of carbonyl (C=O) groups is 1. The van der Waals surface area contributed by atoms with E-state index in [0.717, 1.165) is 65.2 Å². The molecule has 0 atom stereocenters. The molecule has 42 heavy (non-hydrogen) atoms. The number of aromatic hydroxyl groups is 1. The zero-order valence-electron chi connectivity index (χ0n) is 22.6. The van der Waals surface area contributed by atoms with Crippen LogP contribution in [-0.2, 0) is 4.79 Å². The number of H-pyrrole nitrogens is 2. The average Bonchev–Trinajstić information content (AvgIpc) is 3.61. The van der Waals surface area contributed by atoms with Crippen LogP contribution in [0, 0.1) is 11.7 Å². The molecule has 2 aromatic carbocycles. The summed E-state index contributed by atoms with van der Waals surface area (Å²) in [4.78, 5) is 25.3. The molecular weight excluding hydrogens is 533 g/mol. The van der Waals surface area contributed by atoms with Crippen LogP contribution in [0.4, 0.5) is 10.1 Å². The second kappa shape index (κ2) is 10.7. The monoisotopic (exact) mass is 561 g/mol. The Morgan fingerprint density at radius 1 is 1.00 bits per heavy atom. The van der Waals surface area contributed by atoms with Gasteiger partial charge in [-0.25, -0.2) is 9.37 Å². The first-order valence-electron chi connectivity index (χ1n) is 13.9. The topological polar surface area (TPSA) is 132 Å². The molecule has 6 aromatic rings. The summed E-state index contributed by atoms with van der Waals surface area (Å²) in [5, 5.41) is 24.7. The van der Waals surface area contributed by atoms with Gasteiger partial charge in [0, 0.05) is 35.2 Å². The first kappa shape index (κ1) is 25.8. The molecule has 0 bridgehead atoms. The molecule has 1 saturated heterocycles. The third-order valence-electron chi connectivity index (χ3n) is 7.77. The molecule has 5 N–H and O–H groups in total. The van der Waals surface area contributed by atoms with Gasteiger partial charge in [0.2, 0.25) is 5.91 Å². The Bertz CT molecular complexity index is 1920. The second-order valence-corrected chi connectivity index (χ2v) is 10.7. The van der Waals surface area contributed by atoms with E-state index < -0.39 is 5.82 Å². The Morgan fingerprint density at radius 3 is 2.74 bits per heavy atom. The number of anilines is 1. The number of pyridine rings is 2. The lowest BCUT2D eigenvalue weighted by Gasteiger charge is -2.21. The first-order chi connectivity index (χ1) is 20.5. The van der Waals surface area contributed by atoms with E-state index in [9.17, 15) is 14.3 Å². The Kier molecular flexibility index (Phi) is 6.59. The number of aromatic nitrogens is 5. The number of fused-ring (bicyclic) bond motifs is 2. The van der Waals surface area contributed by atoms with Crippen molar-refractivity contribution in [3.05, 3.63) is 78.9 Å². The molecule has 1 aliphatic heterocycles. The van der Waals surface area contributed by atoms with Crippen LogP contribution in [0.2, 0.25) is 0 Å². The van der Waals surface area contributed by atoms with Gasteiger partial charge in [0.05, 0.1) is 28.8 Å². The third-order valence-corrected chi connectivity index (χ3v) is 7.77. The molecule has 1 fully saturated rings. The molecule has 0 spiro atoms. The highest BCUT2D eigenvalue weighted by atomic mass is 19.1. The minimum absolute atomic E-state index is 0.00647. The predicted molar refractivity (Wildman–Crippen MR) is 160 cm³/mol. The van der Waals surface area contributed by atoms with Gasteiger partial charge in [-0.05, 0) is 85.4 Å². The number of nitrogens with zero attached hydrogens (tertiary/aromatic N) is 3. The van der Waals surface area contributed by atoms with E-state index in [1.165, 1.54) is 6.07 Å². The maximum Gasteiger partial charge on any atom is 0.224 e. The lowest BCUT2D eigenvalue weighted by atomic mass is 9.94. The number of benzene rings is 2. The maximum absolute atomic E-state index is 14.1. The zero-order valence-corrected chi connectivity index (χ0v) is 22.6. The van der Waals surface area contributed by atoms with Crippen molar-refractivity contribution in [3.8, 4) is 39.5 Å². The van der Waals surface area contributed by atoms with Crippen LogP contribution in [0.1, 0.15) is 19.3 Å². The number of carbonyl (C=O) groups excluding carboxylic acids is 1. The van der Waals surface area contributed by atoms with E-state index in [2.05, 4.69) is 30.8 Å². The number of amides is 1. The second-order valence-electron chi connectivity index (χ2n) is 10.7. The molecular formula is C32H28FN7O2. The molecule has 0 unspecified atom stereocenters. The highest BCUT2D eigenvalue weighted by Crippen LogP contribution is 2.35. The van der Waals surface area contributed by atoms with Gasteiger partial charge in [0.1, 0.15) is 22.8 Å². The van der Waals surface area contributed by atoms with Gasteiger partial charge in [-0.15, -0.1) is 0 Å². The smallest absolute Gasteiger partial charge is 0.224 e. The summed E-state index contributed by atoms with van der Waals surface area (Å²) in [6.45, 7) is 1.91. The molecule has 210 valence electrons. The van der Waals surface area contributed by atoms with Gasteiger partial charge in [-0.2, -0.15) is 5.10 Å². The molecule has 0 saturated carbocycles. The normalized spacial score (nSPS) is 14.0. The summed E-state index contributed by atoms with van der Waals surface area (Å²) in [7, 11) is 0. The summed E-state index contributed by atoms with van der Waals surface area (Å²) in [5.41, 5.74) is 7.11. The lowest BCUT2D eigenvalue weighted by Crippen LogP contribution is -2.30. The minimum atomic E-state index is -0.507. The highest BCUT2D eigenvalue weighted by Gasteiger charge is 2.18. The van der Waals surface area contributed by atoms with E-state index >= 15 is 0 Å². The van der Waals surface area contributed by atoms with Crippen molar-refractivity contribution >= 4 is 33.5 Å². The van der Waals surface area contributed by atoms with Crippen molar-refractivity contribution in [2.75, 3.05) is 18.4 Å². The predicted octanol–water partition coefficient (Wildman–Crippen LogP) is 6.01. The van der Waals surface area contributed by atoms with Crippen LogP contribution in [0.25, 0.3) is 55.7 Å². The van der Waals surface area contributed by atoms with Crippen molar-refractivity contribution in [3.63, 3.8) is 0 Å². The maximum atomic E-state index is 14.1. The van der Waals surface area contributed by atoms with Crippen LogP contribution in [0.15, 0.2) is 73.1 Å². The van der Waals surface area contributed by atoms with Crippen molar-refractivity contribution < 1.29 is 14.3 Å². The van der Waals surface area contributed by atoms with Crippen LogP contribution < -0.4 is 10.6 Å². The van der Waals surface area contributed by atoms with Crippen LogP contribution >= 0.6 is 0 Å². The zero-order chi connectivity index (χ0) is 28.6. The van der Waals surface area contributed by atoms with Crippen molar-refractivity contribution in [2.24, 2.45) is 5.92 Å². The molecule has 7 rings (SSSR count). The number of hydrogen-bond acceptors (Lipinski definition) is 6. The number of hydrogen-bond donors (Lipinski definition) is 5. The van der Waals surface area contributed by atoms with Gasteiger partial charge in [0.15, 0.2) is 0 Å². The van der Waals surface area contributed by atoms with Gasteiger partial charge in [-0.1, -0.05) is 12.1 Å². The Hall–Kier alpha value is -5.09. The number of nitrogens with one attached hydrogen (secondary N) is 4. The van der Waals surface area contributed by atoms with Crippen LogP contribution in [-0.4, -0.2) is 49.3 Å². The fourth-order valence-electron chi connectivity index (χ4n) is 5.72. The number of aromatic amines is 2. The molecule has 9 nitrogen and oxygen atoms in total.